The Labute approximate surface area is 190 Å². The summed E-state index contributed by atoms with van der Waals surface area (Å²) in [6, 6.07) is 6.09. The van der Waals surface area contributed by atoms with Crippen LogP contribution in [0.1, 0.15) is 61.8 Å². The van der Waals surface area contributed by atoms with Crippen molar-refractivity contribution in [3.8, 4) is 0 Å². The van der Waals surface area contributed by atoms with Crippen LogP contribution in [0, 0.1) is 12.5 Å². The monoisotopic (exact) mass is 435 g/mol. The fraction of sp³-hybridized carbons (Fsp3) is 0.480. The molecule has 2 aromatic rings. The lowest BCUT2D eigenvalue weighted by molar-refractivity contribution is -0.0268. The SMILES string of the molecule is [C-]#[N+]c1cnc(C(=O)Nc2ccc(C(C)(C)OCCN(C)C)cc2C2=CCC(C)CC2)[nH]1. The number of rotatable bonds is 8. The average molecular weight is 436 g/mol. The van der Waals surface area contributed by atoms with Crippen LogP contribution in [0.2, 0.25) is 0 Å². The smallest absolute Gasteiger partial charge is 0.314 e. The summed E-state index contributed by atoms with van der Waals surface area (Å²) in [5.41, 5.74) is 3.61. The van der Waals surface area contributed by atoms with Crippen molar-refractivity contribution in [1.82, 2.24) is 14.9 Å². The lowest BCUT2D eigenvalue weighted by Gasteiger charge is -2.29. The molecule has 3 rings (SSSR count). The largest absolute Gasteiger partial charge is 0.370 e. The van der Waals surface area contributed by atoms with Crippen LogP contribution in [0.3, 0.4) is 0 Å². The summed E-state index contributed by atoms with van der Waals surface area (Å²) in [4.78, 5) is 24.9. The van der Waals surface area contributed by atoms with Crippen LogP contribution in [0.5, 0.6) is 0 Å². The topological polar surface area (TPSA) is 74.6 Å². The molecule has 170 valence electrons. The molecule has 0 saturated carbocycles. The first-order valence-electron chi connectivity index (χ1n) is 11.1. The number of H-pyrrole nitrogens is 1. The third-order valence-electron chi connectivity index (χ3n) is 5.88. The molecule has 1 aliphatic carbocycles. The van der Waals surface area contributed by atoms with Gasteiger partial charge in [-0.15, -0.1) is 0 Å². The molecule has 32 heavy (non-hydrogen) atoms. The lowest BCUT2D eigenvalue weighted by atomic mass is 9.85. The van der Waals surface area contributed by atoms with E-state index in [1.54, 1.807) is 0 Å². The third-order valence-corrected chi connectivity index (χ3v) is 5.88. The van der Waals surface area contributed by atoms with E-state index in [0.717, 1.165) is 42.6 Å². The normalized spacial score (nSPS) is 16.5. The van der Waals surface area contributed by atoms with E-state index in [4.69, 9.17) is 11.3 Å². The number of nitrogens with zero attached hydrogens (tertiary/aromatic N) is 3. The van der Waals surface area contributed by atoms with Crippen LogP contribution < -0.4 is 5.32 Å². The van der Waals surface area contributed by atoms with Crippen molar-refractivity contribution in [1.29, 1.82) is 0 Å². The zero-order valence-electron chi connectivity index (χ0n) is 19.7. The Hall–Kier alpha value is -2.95. The molecule has 0 saturated heterocycles. The number of hydrogen-bond donors (Lipinski definition) is 2. The van der Waals surface area contributed by atoms with Crippen molar-refractivity contribution in [2.45, 2.75) is 45.6 Å². The maximum atomic E-state index is 12.8. The van der Waals surface area contributed by atoms with E-state index in [0.29, 0.717) is 12.5 Å². The van der Waals surface area contributed by atoms with E-state index in [2.05, 4.69) is 57.9 Å². The first-order chi connectivity index (χ1) is 15.2. The number of allylic oxidation sites excluding steroid dienone is 2. The van der Waals surface area contributed by atoms with Crippen LogP contribution in [-0.4, -0.2) is 48.0 Å². The molecule has 1 atom stereocenters. The van der Waals surface area contributed by atoms with Crippen LogP contribution in [-0.2, 0) is 10.3 Å². The summed E-state index contributed by atoms with van der Waals surface area (Å²) in [5.74, 6) is 0.678. The molecule has 0 radical (unpaired) electrons. The van der Waals surface area contributed by atoms with Gasteiger partial charge in [0.05, 0.1) is 18.4 Å². The standard InChI is InChI=1S/C25H33N5O2/c1-17-7-9-18(10-8-17)20-15-19(25(2,3)32-14-13-30(5)6)11-12-21(20)28-24(31)23-27-16-22(26-4)29-23/h9,11-12,15-17H,7-8,10,13-14H2,1-3,5-6H3,(H,27,29)(H,28,31). The summed E-state index contributed by atoms with van der Waals surface area (Å²) in [5, 5.41) is 2.99. The third kappa shape index (κ3) is 5.84. The quantitative estimate of drug-likeness (QED) is 0.557. The number of hydrogen-bond acceptors (Lipinski definition) is 4. The predicted octanol–water partition coefficient (Wildman–Crippen LogP) is 5.23. The molecular formula is C25H33N5O2. The number of nitrogens with one attached hydrogen (secondary N) is 2. The van der Waals surface area contributed by atoms with E-state index >= 15 is 0 Å². The van der Waals surface area contributed by atoms with Crippen molar-refractivity contribution in [2.75, 3.05) is 32.6 Å². The van der Waals surface area contributed by atoms with Gasteiger partial charge in [0.25, 0.3) is 5.82 Å². The second kappa shape index (κ2) is 10.1. The van der Waals surface area contributed by atoms with Gasteiger partial charge in [-0.25, -0.2) is 4.98 Å². The highest BCUT2D eigenvalue weighted by molar-refractivity contribution is 6.03. The molecule has 0 fully saturated rings. The number of aromatic nitrogens is 2. The molecule has 2 N–H and O–H groups in total. The van der Waals surface area contributed by atoms with E-state index in [-0.39, 0.29) is 17.5 Å². The molecule has 1 aromatic heterocycles. The minimum absolute atomic E-state index is 0.129. The van der Waals surface area contributed by atoms with Gasteiger partial charge in [-0.2, -0.15) is 0 Å². The second-order valence-corrected chi connectivity index (χ2v) is 9.21. The Kier molecular flexibility index (Phi) is 7.49. The van der Waals surface area contributed by atoms with Crippen molar-refractivity contribution >= 4 is 23.0 Å². The molecule has 0 spiro atoms. The lowest BCUT2D eigenvalue weighted by Crippen LogP contribution is -2.27. The fourth-order valence-corrected chi connectivity index (χ4v) is 3.74. The van der Waals surface area contributed by atoms with Crippen LogP contribution >= 0.6 is 0 Å². The highest BCUT2D eigenvalue weighted by Gasteiger charge is 2.25. The molecule has 1 amide bonds. The Bertz CT molecular complexity index is 1030. The van der Waals surface area contributed by atoms with Gasteiger partial charge in [-0.1, -0.05) is 25.6 Å². The number of likely N-dealkylation sites (N-methyl/N-ethyl adjacent to an activating group) is 1. The zero-order chi connectivity index (χ0) is 23.3. The molecular weight excluding hydrogens is 402 g/mol. The molecule has 7 nitrogen and oxygen atoms in total. The van der Waals surface area contributed by atoms with Gasteiger partial charge in [-0.05, 0) is 76.4 Å². The first kappa shape index (κ1) is 23.7. The summed E-state index contributed by atoms with van der Waals surface area (Å²) < 4.78 is 6.20. The van der Waals surface area contributed by atoms with Crippen molar-refractivity contribution < 1.29 is 9.53 Å². The maximum absolute atomic E-state index is 12.8. The number of aromatic amines is 1. The Morgan fingerprint density at radius 3 is 2.81 bits per heavy atom. The van der Waals surface area contributed by atoms with Crippen molar-refractivity contribution in [2.24, 2.45) is 5.92 Å². The average Bonchev–Trinajstić information content (AvgIpc) is 3.24. The fourth-order valence-electron chi connectivity index (χ4n) is 3.74. The molecule has 1 aromatic carbocycles. The Morgan fingerprint density at radius 2 is 2.19 bits per heavy atom. The molecule has 1 unspecified atom stereocenters. The van der Waals surface area contributed by atoms with E-state index in [1.165, 1.54) is 11.8 Å². The van der Waals surface area contributed by atoms with Gasteiger partial charge in [0.2, 0.25) is 5.82 Å². The number of carbonyl (C=O) groups is 1. The highest BCUT2D eigenvalue weighted by Crippen LogP contribution is 2.37. The predicted molar refractivity (Wildman–Crippen MR) is 128 cm³/mol. The van der Waals surface area contributed by atoms with E-state index < -0.39 is 5.60 Å². The number of amides is 1. The van der Waals surface area contributed by atoms with Gasteiger partial charge in [0, 0.05) is 17.8 Å². The first-order valence-corrected chi connectivity index (χ1v) is 11.1. The highest BCUT2D eigenvalue weighted by atomic mass is 16.5. The summed E-state index contributed by atoms with van der Waals surface area (Å²) in [7, 11) is 4.06. The van der Waals surface area contributed by atoms with E-state index in [1.807, 2.05) is 26.2 Å². The molecule has 0 bridgehead atoms. The van der Waals surface area contributed by atoms with Crippen molar-refractivity contribution in [3.05, 3.63) is 58.8 Å². The number of anilines is 1. The second-order valence-electron chi connectivity index (χ2n) is 9.21. The van der Waals surface area contributed by atoms with E-state index in [9.17, 15) is 4.79 Å². The van der Waals surface area contributed by atoms with Crippen molar-refractivity contribution in [3.63, 3.8) is 0 Å². The van der Waals surface area contributed by atoms with Crippen LogP contribution in [0.15, 0.2) is 30.5 Å². The number of imidazole rings is 1. The minimum Gasteiger partial charge on any atom is -0.370 e. The van der Waals surface area contributed by atoms with Gasteiger partial charge in [0.1, 0.15) is 0 Å². The molecule has 1 aliphatic rings. The molecule has 1 heterocycles. The summed E-state index contributed by atoms with van der Waals surface area (Å²) in [6.45, 7) is 15.0. The summed E-state index contributed by atoms with van der Waals surface area (Å²) in [6.07, 6.45) is 6.77. The van der Waals surface area contributed by atoms with Gasteiger partial charge in [-0.3, -0.25) is 9.78 Å². The number of ether oxygens (including phenoxy) is 1. The van der Waals surface area contributed by atoms with Gasteiger partial charge < -0.3 is 19.8 Å². The number of carbonyl (C=O) groups excluding carboxylic acids is 1. The molecule has 7 heteroatoms. The summed E-state index contributed by atoms with van der Waals surface area (Å²) >= 11 is 0. The van der Waals surface area contributed by atoms with Gasteiger partial charge in [0.15, 0.2) is 0 Å². The zero-order valence-corrected chi connectivity index (χ0v) is 19.7. The van der Waals surface area contributed by atoms with Gasteiger partial charge >= 0.3 is 5.91 Å². The maximum Gasteiger partial charge on any atom is 0.314 e. The Balaban J connectivity index is 1.90. The minimum atomic E-state index is -0.457. The molecule has 0 aliphatic heterocycles. The van der Waals surface area contributed by atoms with Crippen LogP contribution in [0.4, 0.5) is 11.5 Å². The Morgan fingerprint density at radius 1 is 1.41 bits per heavy atom. The number of benzene rings is 1. The van der Waals surface area contributed by atoms with Crippen LogP contribution in [0.25, 0.3) is 10.4 Å².